The van der Waals surface area contributed by atoms with E-state index in [1.807, 2.05) is 31.2 Å². The third-order valence-electron chi connectivity index (χ3n) is 4.39. The van der Waals surface area contributed by atoms with E-state index in [9.17, 15) is 9.59 Å². The van der Waals surface area contributed by atoms with Crippen LogP contribution in [-0.4, -0.2) is 28.5 Å². The first-order chi connectivity index (χ1) is 14.1. The zero-order chi connectivity index (χ0) is 20.2. The summed E-state index contributed by atoms with van der Waals surface area (Å²) in [4.78, 5) is 33.9. The summed E-state index contributed by atoms with van der Waals surface area (Å²) in [6, 6.07) is 19.5. The van der Waals surface area contributed by atoms with Crippen molar-refractivity contribution < 1.29 is 14.3 Å². The maximum Gasteiger partial charge on any atom is 0.338 e. The van der Waals surface area contributed by atoms with Crippen LogP contribution in [0.2, 0.25) is 0 Å². The van der Waals surface area contributed by atoms with Crippen molar-refractivity contribution in [3.8, 4) is 0 Å². The fourth-order valence-electron chi connectivity index (χ4n) is 2.97. The van der Waals surface area contributed by atoms with Gasteiger partial charge in [0.05, 0.1) is 34.2 Å². The SMILES string of the molecule is CCCOC(=O)c1cccc(NC(=O)c2ccc3nc4ccccc4nc3c2)c1. The second-order valence-corrected chi connectivity index (χ2v) is 6.59. The highest BCUT2D eigenvalue weighted by Crippen LogP contribution is 2.19. The number of nitrogens with zero attached hydrogens (tertiary/aromatic N) is 2. The Morgan fingerprint density at radius 2 is 1.55 bits per heavy atom. The lowest BCUT2D eigenvalue weighted by molar-refractivity contribution is 0.0505. The molecule has 0 bridgehead atoms. The summed E-state index contributed by atoms with van der Waals surface area (Å²) in [5.41, 5.74) is 4.33. The Bertz CT molecular complexity index is 1220. The Morgan fingerprint density at radius 1 is 0.828 bits per heavy atom. The van der Waals surface area contributed by atoms with E-state index >= 15 is 0 Å². The van der Waals surface area contributed by atoms with Crippen LogP contribution >= 0.6 is 0 Å². The van der Waals surface area contributed by atoms with E-state index in [4.69, 9.17) is 4.74 Å². The molecule has 0 fully saturated rings. The van der Waals surface area contributed by atoms with Crippen molar-refractivity contribution >= 4 is 39.6 Å². The number of para-hydroxylation sites is 2. The van der Waals surface area contributed by atoms with E-state index in [2.05, 4.69) is 15.3 Å². The lowest BCUT2D eigenvalue weighted by Crippen LogP contribution is -2.13. The van der Waals surface area contributed by atoms with Crippen molar-refractivity contribution in [2.75, 3.05) is 11.9 Å². The number of hydrogen-bond donors (Lipinski definition) is 1. The molecule has 29 heavy (non-hydrogen) atoms. The van der Waals surface area contributed by atoms with Crippen LogP contribution in [0.25, 0.3) is 22.1 Å². The van der Waals surface area contributed by atoms with Gasteiger partial charge in [-0.1, -0.05) is 25.1 Å². The molecule has 1 N–H and O–H groups in total. The van der Waals surface area contributed by atoms with E-state index in [-0.39, 0.29) is 5.91 Å². The predicted octanol–water partition coefficient (Wildman–Crippen LogP) is 4.60. The molecule has 0 saturated heterocycles. The predicted molar refractivity (Wildman–Crippen MR) is 112 cm³/mol. The standard InChI is InChI=1S/C23H19N3O3/c1-2-12-29-23(28)16-6-5-7-17(13-16)24-22(27)15-10-11-20-21(14-15)26-19-9-4-3-8-18(19)25-20/h3-11,13-14H,2,12H2,1H3,(H,24,27). The second-order valence-electron chi connectivity index (χ2n) is 6.59. The molecule has 0 saturated carbocycles. The number of anilines is 1. The smallest absolute Gasteiger partial charge is 0.338 e. The largest absolute Gasteiger partial charge is 0.462 e. The van der Waals surface area contributed by atoms with Crippen molar-refractivity contribution in [2.24, 2.45) is 0 Å². The topological polar surface area (TPSA) is 81.2 Å². The molecule has 6 heteroatoms. The van der Waals surface area contributed by atoms with E-state index < -0.39 is 5.97 Å². The van der Waals surface area contributed by atoms with Gasteiger partial charge in [-0.25, -0.2) is 14.8 Å². The van der Waals surface area contributed by atoms with Crippen LogP contribution in [0.1, 0.15) is 34.1 Å². The molecule has 1 heterocycles. The Balaban J connectivity index is 1.57. The van der Waals surface area contributed by atoms with E-state index in [0.717, 1.165) is 23.0 Å². The number of amides is 1. The fourth-order valence-corrected chi connectivity index (χ4v) is 2.97. The zero-order valence-corrected chi connectivity index (χ0v) is 15.9. The normalized spacial score (nSPS) is 10.8. The minimum Gasteiger partial charge on any atom is -0.462 e. The van der Waals surface area contributed by atoms with Crippen molar-refractivity contribution in [2.45, 2.75) is 13.3 Å². The zero-order valence-electron chi connectivity index (χ0n) is 15.9. The summed E-state index contributed by atoms with van der Waals surface area (Å²) in [6.45, 7) is 2.29. The van der Waals surface area contributed by atoms with Gasteiger partial charge < -0.3 is 10.1 Å². The van der Waals surface area contributed by atoms with Crippen LogP contribution in [0.15, 0.2) is 66.7 Å². The van der Waals surface area contributed by atoms with E-state index in [1.165, 1.54) is 0 Å². The minimum atomic E-state index is -0.407. The van der Waals surface area contributed by atoms with Crippen LogP contribution in [0.4, 0.5) is 5.69 Å². The number of ether oxygens (including phenoxy) is 1. The maximum absolute atomic E-state index is 12.7. The molecule has 0 aliphatic carbocycles. The van der Waals surface area contributed by atoms with Gasteiger partial charge in [0.25, 0.3) is 5.91 Å². The first kappa shape index (κ1) is 18.6. The number of hydrogen-bond acceptors (Lipinski definition) is 5. The molecule has 1 amide bonds. The van der Waals surface area contributed by atoms with Gasteiger partial charge in [-0.05, 0) is 55.0 Å². The summed E-state index contributed by atoms with van der Waals surface area (Å²) in [7, 11) is 0. The number of benzene rings is 3. The molecule has 0 aliphatic heterocycles. The Hall–Kier alpha value is -3.80. The van der Waals surface area contributed by atoms with Crippen LogP contribution in [0.5, 0.6) is 0 Å². The highest BCUT2D eigenvalue weighted by Gasteiger charge is 2.11. The third kappa shape index (κ3) is 4.06. The number of esters is 1. The molecular formula is C23H19N3O3. The van der Waals surface area contributed by atoms with Gasteiger partial charge in [-0.2, -0.15) is 0 Å². The average Bonchev–Trinajstić information content (AvgIpc) is 2.75. The molecule has 0 unspecified atom stereocenters. The third-order valence-corrected chi connectivity index (χ3v) is 4.39. The van der Waals surface area contributed by atoms with Gasteiger partial charge in [-0.15, -0.1) is 0 Å². The summed E-state index contributed by atoms with van der Waals surface area (Å²) < 4.78 is 5.14. The molecule has 0 atom stereocenters. The number of aromatic nitrogens is 2. The van der Waals surface area contributed by atoms with Gasteiger partial charge in [0.1, 0.15) is 0 Å². The number of fused-ring (bicyclic) bond motifs is 2. The van der Waals surface area contributed by atoms with Crippen LogP contribution in [-0.2, 0) is 4.74 Å². The molecule has 4 aromatic rings. The van der Waals surface area contributed by atoms with E-state index in [0.29, 0.717) is 28.9 Å². The van der Waals surface area contributed by atoms with Crippen LogP contribution < -0.4 is 5.32 Å². The fraction of sp³-hybridized carbons (Fsp3) is 0.130. The first-order valence-electron chi connectivity index (χ1n) is 9.39. The van der Waals surface area contributed by atoms with Crippen LogP contribution in [0.3, 0.4) is 0 Å². The monoisotopic (exact) mass is 385 g/mol. The van der Waals surface area contributed by atoms with Crippen molar-refractivity contribution in [3.05, 3.63) is 77.9 Å². The van der Waals surface area contributed by atoms with Gasteiger partial charge in [0.2, 0.25) is 0 Å². The summed E-state index contributed by atoms with van der Waals surface area (Å²) in [5, 5.41) is 2.82. The molecule has 6 nitrogen and oxygen atoms in total. The minimum absolute atomic E-state index is 0.291. The van der Waals surface area contributed by atoms with Crippen molar-refractivity contribution in [1.82, 2.24) is 9.97 Å². The maximum atomic E-state index is 12.7. The summed E-state index contributed by atoms with van der Waals surface area (Å²) in [5.74, 6) is -0.697. The molecule has 0 aliphatic rings. The molecule has 1 aromatic heterocycles. The average molecular weight is 385 g/mol. The number of carbonyl (C=O) groups excluding carboxylic acids is 2. The van der Waals surface area contributed by atoms with Gasteiger partial charge in [0.15, 0.2) is 0 Å². The second kappa shape index (κ2) is 8.06. The lowest BCUT2D eigenvalue weighted by atomic mass is 10.1. The van der Waals surface area contributed by atoms with Gasteiger partial charge in [0, 0.05) is 11.3 Å². The Kier molecular flexibility index (Phi) is 5.16. The van der Waals surface area contributed by atoms with Crippen molar-refractivity contribution in [3.63, 3.8) is 0 Å². The van der Waals surface area contributed by atoms with E-state index in [1.54, 1.807) is 42.5 Å². The Morgan fingerprint density at radius 3 is 2.31 bits per heavy atom. The Labute approximate surface area is 167 Å². The van der Waals surface area contributed by atoms with Gasteiger partial charge >= 0.3 is 5.97 Å². The molecule has 0 radical (unpaired) electrons. The lowest BCUT2D eigenvalue weighted by Gasteiger charge is -2.08. The molecule has 0 spiro atoms. The molecule has 144 valence electrons. The van der Waals surface area contributed by atoms with Crippen molar-refractivity contribution in [1.29, 1.82) is 0 Å². The molecule has 3 aromatic carbocycles. The highest BCUT2D eigenvalue weighted by atomic mass is 16.5. The number of nitrogens with one attached hydrogen (secondary N) is 1. The van der Waals surface area contributed by atoms with Gasteiger partial charge in [-0.3, -0.25) is 4.79 Å². The van der Waals surface area contributed by atoms with Crippen LogP contribution in [0, 0.1) is 0 Å². The number of rotatable bonds is 5. The summed E-state index contributed by atoms with van der Waals surface area (Å²) >= 11 is 0. The summed E-state index contributed by atoms with van der Waals surface area (Å²) in [6.07, 6.45) is 0.752. The quantitative estimate of drug-likeness (QED) is 0.401. The first-order valence-corrected chi connectivity index (χ1v) is 9.39. The molecular weight excluding hydrogens is 366 g/mol. The number of carbonyl (C=O) groups is 2. The highest BCUT2D eigenvalue weighted by molar-refractivity contribution is 6.06. The molecule has 4 rings (SSSR count).